The summed E-state index contributed by atoms with van der Waals surface area (Å²) < 4.78 is 90.6. The molecule has 0 aromatic heterocycles. The fourth-order valence-electron chi connectivity index (χ4n) is 2.85. The van der Waals surface area contributed by atoms with Crippen LogP contribution in [0.5, 0.6) is 0 Å². The van der Waals surface area contributed by atoms with Gasteiger partial charge < -0.3 is 11.1 Å². The van der Waals surface area contributed by atoms with E-state index in [9.17, 15) is 31.5 Å². The second-order valence-corrected chi connectivity index (χ2v) is 8.88. The first-order chi connectivity index (χ1) is 16.3. The normalized spacial score (nSPS) is 13.4. The Hall–Kier alpha value is -3.48. The Balaban J connectivity index is 2.42. The second kappa shape index (κ2) is 10.8. The maximum Gasteiger partial charge on any atom is 0.416 e. The van der Waals surface area contributed by atoms with Crippen LogP contribution in [0.1, 0.15) is 29.3 Å². The summed E-state index contributed by atoms with van der Waals surface area (Å²) in [4.78, 5) is 12.5. The number of halogens is 5. The van der Waals surface area contributed by atoms with Crippen LogP contribution >= 0.6 is 10.8 Å². The molecule has 2 rings (SSSR count). The second-order valence-electron chi connectivity index (χ2n) is 7.10. The van der Waals surface area contributed by atoms with Crippen LogP contribution in [0.25, 0.3) is 0 Å². The third-order valence-electron chi connectivity index (χ3n) is 4.82. The van der Waals surface area contributed by atoms with E-state index in [1.54, 1.807) is 6.92 Å². The van der Waals surface area contributed by atoms with Crippen molar-refractivity contribution in [3.63, 3.8) is 0 Å². The van der Waals surface area contributed by atoms with Crippen molar-refractivity contribution >= 4 is 28.5 Å². The van der Waals surface area contributed by atoms with Crippen LogP contribution in [0.3, 0.4) is 0 Å². The minimum atomic E-state index is -4.65. The van der Waals surface area contributed by atoms with Gasteiger partial charge in [-0.25, -0.2) is 8.78 Å². The van der Waals surface area contributed by atoms with Crippen LogP contribution in [-0.2, 0) is 6.18 Å². The first-order valence-electron chi connectivity index (χ1n) is 9.85. The molecule has 188 valence electrons. The summed E-state index contributed by atoms with van der Waals surface area (Å²) in [6.07, 6.45) is -0.894. The largest absolute Gasteiger partial charge is 0.416 e. The number of alkyl halides is 3. The van der Waals surface area contributed by atoms with Crippen molar-refractivity contribution < 1.29 is 35.9 Å². The lowest BCUT2D eigenvalue weighted by Crippen LogP contribution is -2.15. The van der Waals surface area contributed by atoms with E-state index >= 15 is 4.39 Å². The Bertz CT molecular complexity index is 1210. The highest BCUT2D eigenvalue weighted by atomic mass is 32.3. The predicted octanol–water partition coefficient (Wildman–Crippen LogP) is 6.69. The third kappa shape index (κ3) is 6.35. The van der Waals surface area contributed by atoms with E-state index in [1.807, 2.05) is 4.72 Å². The maximum absolute atomic E-state index is 15.1. The molecule has 35 heavy (non-hydrogen) atoms. The van der Waals surface area contributed by atoms with Crippen LogP contribution in [0.4, 0.5) is 27.6 Å². The average molecular weight is 516 g/mol. The molecule has 6 nitrogen and oxygen atoms in total. The molecular weight excluding hydrogens is 493 g/mol. The van der Waals surface area contributed by atoms with Gasteiger partial charge in [0.25, 0.3) is 0 Å². The lowest BCUT2D eigenvalue weighted by Gasteiger charge is -2.34. The Morgan fingerprint density at radius 3 is 2.26 bits per heavy atom. The van der Waals surface area contributed by atoms with Gasteiger partial charge in [0.1, 0.15) is 5.82 Å². The lowest BCUT2D eigenvalue weighted by molar-refractivity contribution is -0.137. The van der Waals surface area contributed by atoms with Crippen molar-refractivity contribution in [2.45, 2.75) is 24.4 Å². The van der Waals surface area contributed by atoms with Gasteiger partial charge in [0.2, 0.25) is 0 Å². The maximum atomic E-state index is 15.1. The molecule has 0 atom stereocenters. The molecule has 0 aliphatic carbocycles. The predicted molar refractivity (Wildman–Crippen MR) is 125 cm³/mol. The highest BCUT2D eigenvalue weighted by Crippen LogP contribution is 2.49. The quantitative estimate of drug-likeness (QED) is 0.0838. The van der Waals surface area contributed by atoms with Gasteiger partial charge >= 0.3 is 6.18 Å². The van der Waals surface area contributed by atoms with Crippen molar-refractivity contribution in [1.82, 2.24) is 0 Å². The number of benzene rings is 2. The molecule has 0 aliphatic rings. The molecule has 0 unspecified atom stereocenters. The van der Waals surface area contributed by atoms with E-state index in [1.165, 1.54) is 6.08 Å². The molecule has 12 heteroatoms. The Morgan fingerprint density at radius 1 is 1.17 bits per heavy atom. The van der Waals surface area contributed by atoms with E-state index in [0.29, 0.717) is 30.2 Å². The third-order valence-corrected chi connectivity index (χ3v) is 6.25. The summed E-state index contributed by atoms with van der Waals surface area (Å²) in [6, 6.07) is 4.30. The molecule has 0 spiro atoms. The van der Waals surface area contributed by atoms with Crippen LogP contribution in [0.2, 0.25) is 0 Å². The van der Waals surface area contributed by atoms with E-state index in [4.69, 9.17) is 11.1 Å². The first kappa shape index (κ1) is 27.8. The summed E-state index contributed by atoms with van der Waals surface area (Å²) in [5.74, 6) is -3.94. The molecule has 2 aromatic carbocycles. The van der Waals surface area contributed by atoms with Crippen LogP contribution in [0.15, 0.2) is 76.9 Å². The molecule has 0 radical (unpaired) electrons. The molecule has 0 aliphatic heterocycles. The van der Waals surface area contributed by atoms with Gasteiger partial charge in [-0.05, 0) is 54.5 Å². The van der Waals surface area contributed by atoms with Crippen molar-refractivity contribution in [2.24, 2.45) is 5.73 Å². The molecule has 2 aromatic rings. The number of carbonyl (C=O) groups excluding carboxylic acids is 1. The molecule has 0 saturated heterocycles. The van der Waals surface area contributed by atoms with E-state index in [0.717, 1.165) is 30.6 Å². The Morgan fingerprint density at radius 2 is 1.77 bits per heavy atom. The average Bonchev–Trinajstić information content (AvgIpc) is 2.81. The fraction of sp³-hybridized carbons (Fsp3) is 0.130. The number of nitrogens with one attached hydrogen (secondary N) is 2. The minimum absolute atomic E-state index is 0.0153. The Labute approximate surface area is 199 Å². The number of hydrogen-bond acceptors (Lipinski definition) is 6. The van der Waals surface area contributed by atoms with Crippen molar-refractivity contribution in [1.29, 1.82) is 5.41 Å². The van der Waals surface area contributed by atoms with E-state index in [2.05, 4.69) is 6.58 Å². The number of Topliss-reactive ketones (excluding diaryl/α,β-unsaturated/α-hetero) is 1. The molecule has 0 fully saturated rings. The number of rotatable bonds is 9. The van der Waals surface area contributed by atoms with Crippen LogP contribution in [-0.4, -0.2) is 21.1 Å². The molecule has 0 bridgehead atoms. The van der Waals surface area contributed by atoms with Crippen molar-refractivity contribution in [3.8, 4) is 0 Å². The van der Waals surface area contributed by atoms with Crippen LogP contribution in [0, 0.1) is 17.0 Å². The molecule has 0 heterocycles. The topological polar surface area (TPSA) is 119 Å². The first-order valence-corrected chi connectivity index (χ1v) is 11.4. The number of anilines is 1. The zero-order valence-corrected chi connectivity index (χ0v) is 19.1. The number of hydrogen-bond donors (Lipinski definition) is 5. The molecule has 0 amide bonds. The lowest BCUT2D eigenvalue weighted by atomic mass is 9.95. The number of ketones is 1. The number of allylic oxidation sites excluding steroid dienone is 4. The summed E-state index contributed by atoms with van der Waals surface area (Å²) in [7, 11) is -4.10. The van der Waals surface area contributed by atoms with E-state index < -0.39 is 56.1 Å². The van der Waals surface area contributed by atoms with Gasteiger partial charge in [-0.15, -0.1) is 0 Å². The number of nitrogens with two attached hydrogens (primary N) is 1. The van der Waals surface area contributed by atoms with E-state index in [-0.39, 0.29) is 11.1 Å². The highest BCUT2D eigenvalue weighted by molar-refractivity contribution is 8.25. The standard InChI is InChI=1S/C23H22F5N3O3S/c1-3-14(11-29)10-15(12-30)13(2)22(32)20-18(24)8-9-19(21(20)25)31-35(33,34)17-6-4-16(5-7-17)23(26,27)28/h4-12,29,31,33-34H,2-3,30H2,1H3/b14-10-,15-12-,29-11?. The van der Waals surface area contributed by atoms with Crippen LogP contribution < -0.4 is 10.5 Å². The van der Waals surface area contributed by atoms with Gasteiger partial charge in [-0.2, -0.15) is 13.2 Å². The van der Waals surface area contributed by atoms with Crippen molar-refractivity contribution in [2.75, 3.05) is 4.72 Å². The van der Waals surface area contributed by atoms with Gasteiger partial charge in [0.15, 0.2) is 11.6 Å². The zero-order valence-electron chi connectivity index (χ0n) is 18.3. The molecule has 0 saturated carbocycles. The van der Waals surface area contributed by atoms with Crippen molar-refractivity contribution in [3.05, 3.63) is 94.7 Å². The smallest absolute Gasteiger partial charge is 0.404 e. The van der Waals surface area contributed by atoms with Gasteiger partial charge in [0.05, 0.1) is 21.7 Å². The SMILES string of the molecule is C=C(C(=O)c1c(F)ccc(NS(O)(O)c2ccc(C(F)(F)F)cc2)c1F)C(/C=C(\C=N)CC)=C\N. The summed E-state index contributed by atoms with van der Waals surface area (Å²) in [5, 5.41) is 7.33. The molecule has 6 N–H and O–H groups in total. The highest BCUT2D eigenvalue weighted by Gasteiger charge is 2.31. The summed E-state index contributed by atoms with van der Waals surface area (Å²) >= 11 is 0. The summed E-state index contributed by atoms with van der Waals surface area (Å²) in [5.41, 5.74) is 2.80. The van der Waals surface area contributed by atoms with Gasteiger partial charge in [-0.3, -0.25) is 18.6 Å². The fourth-order valence-corrected chi connectivity index (χ4v) is 3.95. The Kier molecular flexibility index (Phi) is 8.60. The van der Waals surface area contributed by atoms with Gasteiger partial charge in [-0.1, -0.05) is 24.3 Å². The minimum Gasteiger partial charge on any atom is -0.404 e. The summed E-state index contributed by atoms with van der Waals surface area (Å²) in [6.45, 7) is 5.26. The molecular formula is C23H22F5N3O3S. The number of carbonyl (C=O) groups is 1. The zero-order chi connectivity index (χ0) is 26.6. The van der Waals surface area contributed by atoms with Gasteiger partial charge in [0, 0.05) is 23.6 Å². The monoisotopic (exact) mass is 515 g/mol.